The number of rotatable bonds is 10. The summed E-state index contributed by atoms with van der Waals surface area (Å²) in [5, 5.41) is 28.7. The van der Waals surface area contributed by atoms with Gasteiger partial charge in [-0.3, -0.25) is 10.3 Å². The van der Waals surface area contributed by atoms with E-state index in [4.69, 9.17) is 9.94 Å². The van der Waals surface area contributed by atoms with Crippen LogP contribution in [-0.2, 0) is 9.63 Å². The Bertz CT molecular complexity index is 423. The van der Waals surface area contributed by atoms with Crippen molar-refractivity contribution in [3.05, 3.63) is 11.3 Å². The number of carboxylic acids is 1. The second-order valence-corrected chi connectivity index (χ2v) is 6.41. The first-order chi connectivity index (χ1) is 10.5. The number of hydrogen-bond acceptors (Lipinski definition) is 5. The zero-order valence-corrected chi connectivity index (χ0v) is 13.1. The highest BCUT2D eigenvalue weighted by Gasteiger charge is 2.45. The number of allylic oxidation sites excluding steroid dienone is 1. The van der Waals surface area contributed by atoms with Gasteiger partial charge in [0.2, 0.25) is 0 Å². The molecule has 2 rings (SSSR count). The molecule has 126 valence electrons. The van der Waals surface area contributed by atoms with E-state index in [2.05, 4.69) is 12.4 Å². The van der Waals surface area contributed by atoms with Crippen LogP contribution in [-0.4, -0.2) is 40.1 Å². The molecule has 0 radical (unpaired) electrons. The third-order valence-corrected chi connectivity index (χ3v) is 4.81. The average molecular weight is 313 g/mol. The SMILES string of the molecule is CCCCC(O)CCC1C(O)CC2=C(NOCC(=O)O)CC21. The zero-order valence-electron chi connectivity index (χ0n) is 13.1. The third-order valence-electron chi connectivity index (χ3n) is 4.81. The second-order valence-electron chi connectivity index (χ2n) is 6.41. The van der Waals surface area contributed by atoms with Crippen LogP contribution in [0.1, 0.15) is 51.9 Å². The van der Waals surface area contributed by atoms with Crippen LogP contribution in [0.3, 0.4) is 0 Å². The number of nitrogens with one attached hydrogen (secondary N) is 1. The highest BCUT2D eigenvalue weighted by molar-refractivity contribution is 5.67. The van der Waals surface area contributed by atoms with Gasteiger partial charge in [0, 0.05) is 5.70 Å². The average Bonchev–Trinajstić information content (AvgIpc) is 2.71. The number of carbonyl (C=O) groups is 1. The molecule has 22 heavy (non-hydrogen) atoms. The Kier molecular flexibility index (Phi) is 6.23. The topological polar surface area (TPSA) is 99.0 Å². The second kappa shape index (κ2) is 7.94. The van der Waals surface area contributed by atoms with E-state index >= 15 is 0 Å². The van der Waals surface area contributed by atoms with Gasteiger partial charge in [0.05, 0.1) is 12.2 Å². The van der Waals surface area contributed by atoms with Gasteiger partial charge in [0.25, 0.3) is 0 Å². The summed E-state index contributed by atoms with van der Waals surface area (Å²) in [6.07, 6.45) is 5.33. The lowest BCUT2D eigenvalue weighted by atomic mass is 9.77. The molecule has 4 atom stereocenters. The molecule has 1 saturated carbocycles. The first-order valence-electron chi connectivity index (χ1n) is 8.20. The van der Waals surface area contributed by atoms with Gasteiger partial charge >= 0.3 is 5.97 Å². The Morgan fingerprint density at radius 1 is 1.41 bits per heavy atom. The van der Waals surface area contributed by atoms with Crippen LogP contribution >= 0.6 is 0 Å². The molecule has 2 aliphatic rings. The molecule has 6 heteroatoms. The van der Waals surface area contributed by atoms with Gasteiger partial charge in [0.15, 0.2) is 6.61 Å². The molecule has 0 amide bonds. The van der Waals surface area contributed by atoms with Crippen molar-refractivity contribution in [3.63, 3.8) is 0 Å². The molecule has 0 aromatic heterocycles. The van der Waals surface area contributed by atoms with Crippen molar-refractivity contribution >= 4 is 5.97 Å². The summed E-state index contributed by atoms with van der Waals surface area (Å²) in [5.74, 6) is -0.458. The Labute approximate surface area is 131 Å². The van der Waals surface area contributed by atoms with E-state index in [1.807, 2.05) is 0 Å². The molecule has 0 aliphatic heterocycles. The Morgan fingerprint density at radius 3 is 2.86 bits per heavy atom. The highest BCUT2D eigenvalue weighted by Crippen LogP contribution is 2.50. The van der Waals surface area contributed by atoms with E-state index in [0.29, 0.717) is 12.3 Å². The smallest absolute Gasteiger partial charge is 0.332 e. The Balaban J connectivity index is 1.77. The molecule has 0 bridgehead atoms. The summed E-state index contributed by atoms with van der Waals surface area (Å²) in [7, 11) is 0. The Hall–Kier alpha value is -1.11. The lowest BCUT2D eigenvalue weighted by Crippen LogP contribution is -2.31. The molecule has 0 saturated heterocycles. The van der Waals surface area contributed by atoms with E-state index < -0.39 is 5.97 Å². The number of aliphatic hydroxyl groups is 2. The fourth-order valence-electron chi connectivity index (χ4n) is 3.55. The maximum absolute atomic E-state index is 10.4. The van der Waals surface area contributed by atoms with E-state index in [9.17, 15) is 15.0 Å². The van der Waals surface area contributed by atoms with Crippen molar-refractivity contribution < 1.29 is 25.0 Å². The number of fused-ring (bicyclic) bond motifs is 1. The van der Waals surface area contributed by atoms with Crippen molar-refractivity contribution in [3.8, 4) is 0 Å². The predicted molar refractivity (Wildman–Crippen MR) is 80.7 cm³/mol. The molecule has 0 spiro atoms. The Morgan fingerprint density at radius 2 is 2.18 bits per heavy atom. The number of unbranched alkanes of at least 4 members (excludes halogenated alkanes) is 1. The molecular weight excluding hydrogens is 286 g/mol. The molecule has 1 fully saturated rings. The van der Waals surface area contributed by atoms with Crippen LogP contribution in [0.25, 0.3) is 0 Å². The number of hydrogen-bond donors (Lipinski definition) is 4. The van der Waals surface area contributed by atoms with E-state index in [1.54, 1.807) is 0 Å². The summed E-state index contributed by atoms with van der Waals surface area (Å²) in [5.41, 5.74) is 4.77. The van der Waals surface area contributed by atoms with Crippen LogP contribution in [0.4, 0.5) is 0 Å². The van der Waals surface area contributed by atoms with Crippen molar-refractivity contribution in [2.24, 2.45) is 11.8 Å². The van der Waals surface area contributed by atoms with Crippen molar-refractivity contribution in [2.75, 3.05) is 6.61 Å². The fourth-order valence-corrected chi connectivity index (χ4v) is 3.55. The summed E-state index contributed by atoms with van der Waals surface area (Å²) in [6.45, 7) is 1.73. The molecule has 4 N–H and O–H groups in total. The van der Waals surface area contributed by atoms with Crippen LogP contribution < -0.4 is 5.48 Å². The van der Waals surface area contributed by atoms with Crippen LogP contribution in [0, 0.1) is 11.8 Å². The normalized spacial score (nSPS) is 28.2. The highest BCUT2D eigenvalue weighted by atomic mass is 16.7. The molecule has 2 aliphatic carbocycles. The van der Waals surface area contributed by atoms with Gasteiger partial charge in [-0.15, -0.1) is 0 Å². The molecular formula is C16H27NO5. The van der Waals surface area contributed by atoms with Gasteiger partial charge < -0.3 is 15.3 Å². The van der Waals surface area contributed by atoms with Crippen molar-refractivity contribution in [2.45, 2.75) is 64.1 Å². The molecule has 0 heterocycles. The van der Waals surface area contributed by atoms with Crippen molar-refractivity contribution in [1.82, 2.24) is 5.48 Å². The molecule has 0 aromatic rings. The van der Waals surface area contributed by atoms with Crippen LogP contribution in [0.15, 0.2) is 11.3 Å². The summed E-state index contributed by atoms with van der Waals surface area (Å²) < 4.78 is 0. The van der Waals surface area contributed by atoms with Crippen LogP contribution in [0.5, 0.6) is 0 Å². The van der Waals surface area contributed by atoms with Gasteiger partial charge in [-0.1, -0.05) is 19.8 Å². The monoisotopic (exact) mass is 313 g/mol. The predicted octanol–water partition coefficient (Wildman–Crippen LogP) is 1.58. The molecule has 0 aromatic carbocycles. The minimum Gasteiger partial charge on any atom is -0.479 e. The van der Waals surface area contributed by atoms with E-state index in [1.165, 1.54) is 0 Å². The standard InChI is InChI=1S/C16H27NO5/c1-2-3-4-10(18)5-6-11-12-7-14(13(12)8-15(11)19)17-22-9-16(20)21/h10-12,15,17-19H,2-9H2,1H3,(H,20,21). The van der Waals surface area contributed by atoms with Gasteiger partial charge in [-0.25, -0.2) is 4.79 Å². The van der Waals surface area contributed by atoms with E-state index in [0.717, 1.165) is 49.8 Å². The number of aliphatic hydroxyl groups excluding tert-OH is 2. The number of aliphatic carboxylic acids is 1. The lowest BCUT2D eigenvalue weighted by molar-refractivity contribution is -0.144. The minimum absolute atomic E-state index is 0.205. The summed E-state index contributed by atoms with van der Waals surface area (Å²) >= 11 is 0. The van der Waals surface area contributed by atoms with Crippen LogP contribution in [0.2, 0.25) is 0 Å². The minimum atomic E-state index is -1.01. The molecule has 4 unspecified atom stereocenters. The van der Waals surface area contributed by atoms with Gasteiger partial charge in [-0.05, 0) is 49.5 Å². The van der Waals surface area contributed by atoms with Crippen molar-refractivity contribution in [1.29, 1.82) is 0 Å². The quantitative estimate of drug-likeness (QED) is 0.457. The van der Waals surface area contributed by atoms with Gasteiger partial charge in [-0.2, -0.15) is 0 Å². The maximum Gasteiger partial charge on any atom is 0.332 e. The largest absolute Gasteiger partial charge is 0.479 e. The number of hydroxylamine groups is 1. The zero-order chi connectivity index (χ0) is 16.1. The third kappa shape index (κ3) is 4.21. The molecule has 6 nitrogen and oxygen atoms in total. The first-order valence-corrected chi connectivity index (χ1v) is 8.20. The number of carboxylic acid groups (broad SMARTS) is 1. The maximum atomic E-state index is 10.4. The lowest BCUT2D eigenvalue weighted by Gasteiger charge is -2.32. The van der Waals surface area contributed by atoms with Gasteiger partial charge in [0.1, 0.15) is 0 Å². The summed E-state index contributed by atoms with van der Waals surface area (Å²) in [6, 6.07) is 0. The van der Waals surface area contributed by atoms with E-state index in [-0.39, 0.29) is 24.7 Å². The summed E-state index contributed by atoms with van der Waals surface area (Å²) in [4.78, 5) is 15.3. The fraction of sp³-hybridized carbons (Fsp3) is 0.812. The first kappa shape index (κ1) is 17.2.